The van der Waals surface area contributed by atoms with Gasteiger partial charge in [0.15, 0.2) is 11.6 Å². The minimum atomic E-state index is 0.367. The fourth-order valence-corrected chi connectivity index (χ4v) is 2.76. The number of amidine groups is 1. The Morgan fingerprint density at radius 2 is 1.59 bits per heavy atom. The van der Waals surface area contributed by atoms with Gasteiger partial charge in [-0.3, -0.25) is 4.99 Å². The number of methoxy groups -OCH3 is 3. The lowest BCUT2D eigenvalue weighted by Crippen LogP contribution is -2.14. The third kappa shape index (κ3) is 4.45. The molecule has 0 spiro atoms. The Hall–Kier alpha value is -3.61. The molecule has 0 fully saturated rings. The van der Waals surface area contributed by atoms with Gasteiger partial charge in [-0.05, 0) is 24.6 Å². The first-order chi connectivity index (χ1) is 14.1. The van der Waals surface area contributed by atoms with Crippen LogP contribution in [0.4, 0.5) is 5.69 Å². The van der Waals surface area contributed by atoms with Crippen molar-refractivity contribution in [2.45, 2.75) is 6.92 Å². The molecule has 3 rings (SSSR count). The van der Waals surface area contributed by atoms with Crippen molar-refractivity contribution in [1.29, 1.82) is 0 Å². The number of anilines is 1. The van der Waals surface area contributed by atoms with E-state index in [-0.39, 0.29) is 0 Å². The molecule has 0 aliphatic rings. The third-order valence-corrected chi connectivity index (χ3v) is 4.30. The topological polar surface area (TPSA) is 74.5 Å². The second kappa shape index (κ2) is 9.05. The number of rotatable bonds is 7. The summed E-state index contributed by atoms with van der Waals surface area (Å²) in [6.07, 6.45) is 0. The van der Waals surface area contributed by atoms with Gasteiger partial charge in [0.1, 0.15) is 28.7 Å². The van der Waals surface area contributed by atoms with Crippen molar-refractivity contribution in [2.24, 2.45) is 4.99 Å². The summed E-state index contributed by atoms with van der Waals surface area (Å²) in [7, 11) is 6.39. The molecule has 1 heterocycles. The van der Waals surface area contributed by atoms with E-state index < -0.39 is 0 Å². The number of hydrogen-bond acceptors (Lipinski definition) is 6. The van der Waals surface area contributed by atoms with Gasteiger partial charge in [-0.15, -0.1) is 0 Å². The zero-order valence-electron chi connectivity index (χ0n) is 17.1. The van der Waals surface area contributed by atoms with Gasteiger partial charge in [-0.1, -0.05) is 18.2 Å². The van der Waals surface area contributed by atoms with E-state index in [2.05, 4.69) is 10.3 Å². The molecule has 0 bridgehead atoms. The Balaban J connectivity index is 1.87. The maximum absolute atomic E-state index is 5.84. The first kappa shape index (κ1) is 20.1. The van der Waals surface area contributed by atoms with E-state index in [1.165, 1.54) is 0 Å². The molecule has 0 unspecified atom stereocenters. The zero-order chi connectivity index (χ0) is 20.8. The van der Waals surface area contributed by atoms with Crippen molar-refractivity contribution in [3.63, 3.8) is 0 Å². The molecule has 0 amide bonds. The van der Waals surface area contributed by atoms with Crippen molar-refractivity contribution in [3.05, 3.63) is 59.9 Å². The molecule has 0 saturated heterocycles. The Kier molecular flexibility index (Phi) is 6.29. The van der Waals surface area contributed by atoms with Crippen LogP contribution < -0.4 is 24.3 Å². The lowest BCUT2D eigenvalue weighted by molar-refractivity contribution is 0.342. The van der Waals surface area contributed by atoms with Crippen LogP contribution in [-0.2, 0) is 0 Å². The van der Waals surface area contributed by atoms with Crippen LogP contribution in [0.2, 0.25) is 0 Å². The van der Waals surface area contributed by atoms with E-state index in [4.69, 9.17) is 23.4 Å². The Bertz CT molecular complexity index is 985. The summed E-state index contributed by atoms with van der Waals surface area (Å²) in [5.41, 5.74) is 1.62. The minimum Gasteiger partial charge on any atom is -0.496 e. The van der Waals surface area contributed by atoms with Crippen molar-refractivity contribution in [2.75, 3.05) is 33.7 Å². The molecule has 0 aliphatic carbocycles. The predicted octanol–water partition coefficient (Wildman–Crippen LogP) is 4.89. The van der Waals surface area contributed by atoms with Crippen LogP contribution in [0.15, 0.2) is 57.9 Å². The van der Waals surface area contributed by atoms with Crippen molar-refractivity contribution in [1.82, 2.24) is 0 Å². The van der Waals surface area contributed by atoms with Crippen molar-refractivity contribution < 1.29 is 23.4 Å². The van der Waals surface area contributed by atoms with Gasteiger partial charge in [-0.25, -0.2) is 0 Å². The SMILES string of the molecule is CN=C(Nc1c(OC)cc(OC)cc1OC)c1ccc(Oc2ccccc2C)o1. The van der Waals surface area contributed by atoms with Crippen LogP contribution in [0.1, 0.15) is 11.3 Å². The molecular formula is C22H24N2O5. The Morgan fingerprint density at radius 3 is 2.17 bits per heavy atom. The van der Waals surface area contributed by atoms with E-state index in [9.17, 15) is 0 Å². The van der Waals surface area contributed by atoms with Gasteiger partial charge < -0.3 is 28.7 Å². The number of nitrogens with zero attached hydrogens (tertiary/aromatic N) is 1. The highest BCUT2D eigenvalue weighted by Crippen LogP contribution is 2.39. The van der Waals surface area contributed by atoms with E-state index in [0.717, 1.165) is 11.3 Å². The van der Waals surface area contributed by atoms with Crippen molar-refractivity contribution in [3.8, 4) is 28.9 Å². The van der Waals surface area contributed by atoms with Crippen LogP contribution in [0.25, 0.3) is 0 Å². The van der Waals surface area contributed by atoms with Crippen LogP contribution in [-0.4, -0.2) is 34.2 Å². The first-order valence-corrected chi connectivity index (χ1v) is 8.97. The van der Waals surface area contributed by atoms with Gasteiger partial charge in [-0.2, -0.15) is 0 Å². The molecule has 1 aromatic heterocycles. The van der Waals surface area contributed by atoms with Crippen LogP contribution in [0.3, 0.4) is 0 Å². The summed E-state index contributed by atoms with van der Waals surface area (Å²) in [6, 6.07) is 14.8. The predicted molar refractivity (Wildman–Crippen MR) is 112 cm³/mol. The second-order valence-corrected chi connectivity index (χ2v) is 6.09. The van der Waals surface area contributed by atoms with E-state index >= 15 is 0 Å². The molecule has 2 aromatic carbocycles. The van der Waals surface area contributed by atoms with Crippen molar-refractivity contribution >= 4 is 11.5 Å². The molecule has 1 N–H and O–H groups in total. The summed E-state index contributed by atoms with van der Waals surface area (Å²) >= 11 is 0. The molecule has 0 atom stereocenters. The zero-order valence-corrected chi connectivity index (χ0v) is 17.1. The molecule has 0 saturated carbocycles. The smallest absolute Gasteiger partial charge is 0.290 e. The highest BCUT2D eigenvalue weighted by atomic mass is 16.6. The van der Waals surface area contributed by atoms with E-state index in [1.54, 1.807) is 52.6 Å². The van der Waals surface area contributed by atoms with Crippen LogP contribution in [0.5, 0.6) is 28.9 Å². The number of aryl methyl sites for hydroxylation is 1. The average molecular weight is 396 g/mol. The average Bonchev–Trinajstić information content (AvgIpc) is 3.21. The first-order valence-electron chi connectivity index (χ1n) is 8.97. The van der Waals surface area contributed by atoms with Gasteiger partial charge in [0.2, 0.25) is 0 Å². The van der Waals surface area contributed by atoms with E-state index in [0.29, 0.717) is 40.5 Å². The minimum absolute atomic E-state index is 0.367. The summed E-state index contributed by atoms with van der Waals surface area (Å²) in [4.78, 5) is 4.30. The summed E-state index contributed by atoms with van der Waals surface area (Å²) in [5.74, 6) is 3.81. The fourth-order valence-electron chi connectivity index (χ4n) is 2.76. The summed E-state index contributed by atoms with van der Waals surface area (Å²) in [5, 5.41) is 3.22. The number of benzene rings is 2. The number of hydrogen-bond donors (Lipinski definition) is 1. The lowest BCUT2D eigenvalue weighted by Gasteiger charge is -2.16. The molecule has 29 heavy (non-hydrogen) atoms. The molecule has 152 valence electrons. The molecule has 0 aliphatic heterocycles. The normalized spacial score (nSPS) is 11.1. The van der Waals surface area contributed by atoms with Gasteiger partial charge in [0.05, 0.1) is 21.3 Å². The molecule has 0 radical (unpaired) electrons. The molecular weight excluding hydrogens is 372 g/mol. The number of aliphatic imine (C=N–C) groups is 1. The quantitative estimate of drug-likeness (QED) is 0.452. The lowest BCUT2D eigenvalue weighted by atomic mass is 10.2. The van der Waals surface area contributed by atoms with Gasteiger partial charge in [0.25, 0.3) is 5.95 Å². The maximum Gasteiger partial charge on any atom is 0.290 e. The second-order valence-electron chi connectivity index (χ2n) is 6.09. The van der Waals surface area contributed by atoms with E-state index in [1.807, 2.05) is 31.2 Å². The molecule has 7 heteroatoms. The summed E-state index contributed by atoms with van der Waals surface area (Å²) in [6.45, 7) is 1.97. The number of nitrogens with one attached hydrogen (secondary N) is 1. The highest BCUT2D eigenvalue weighted by molar-refractivity contribution is 6.08. The number of furan rings is 1. The Morgan fingerprint density at radius 1 is 0.897 bits per heavy atom. The summed E-state index contributed by atoms with van der Waals surface area (Å²) < 4.78 is 27.9. The Labute approximate surface area is 169 Å². The molecule has 3 aromatic rings. The van der Waals surface area contributed by atoms with Gasteiger partial charge >= 0.3 is 0 Å². The number of ether oxygens (including phenoxy) is 4. The highest BCUT2D eigenvalue weighted by Gasteiger charge is 2.18. The standard InChI is InChI=1S/C22H24N2O5/c1-14-8-6-7-9-16(14)28-20-11-10-17(29-20)22(23-2)24-21-18(26-4)12-15(25-3)13-19(21)27-5/h6-13H,1-5H3,(H,23,24). The maximum atomic E-state index is 5.84. The molecule has 7 nitrogen and oxygen atoms in total. The monoisotopic (exact) mass is 396 g/mol. The largest absolute Gasteiger partial charge is 0.496 e. The fraction of sp³-hybridized carbons (Fsp3) is 0.227. The van der Waals surface area contributed by atoms with Crippen LogP contribution >= 0.6 is 0 Å². The third-order valence-electron chi connectivity index (χ3n) is 4.30. The van der Waals surface area contributed by atoms with Gasteiger partial charge in [0, 0.05) is 25.2 Å². The van der Waals surface area contributed by atoms with Crippen LogP contribution in [0, 0.1) is 6.92 Å². The number of para-hydroxylation sites is 1.